The molecule has 0 atom stereocenters. The molecule has 1 aromatic carbocycles. The largest absolute Gasteiger partial charge is 0.298 e. The summed E-state index contributed by atoms with van der Waals surface area (Å²) < 4.78 is 13.5. The van der Waals surface area contributed by atoms with E-state index >= 15 is 0 Å². The van der Waals surface area contributed by atoms with E-state index in [1.807, 2.05) is 0 Å². The summed E-state index contributed by atoms with van der Waals surface area (Å²) in [6, 6.07) is 7.89. The first-order chi connectivity index (χ1) is 7.31. The van der Waals surface area contributed by atoms with E-state index in [2.05, 4.69) is 4.98 Å². The lowest BCUT2D eigenvalue weighted by Crippen LogP contribution is -1.88. The number of pyridine rings is 1. The van der Waals surface area contributed by atoms with Crippen LogP contribution in [0.5, 0.6) is 0 Å². The summed E-state index contributed by atoms with van der Waals surface area (Å²) in [7, 11) is 0. The molecule has 0 aliphatic heterocycles. The van der Waals surface area contributed by atoms with E-state index in [0.717, 1.165) is 0 Å². The predicted molar refractivity (Wildman–Crippen MR) is 55.0 cm³/mol. The van der Waals surface area contributed by atoms with Gasteiger partial charge < -0.3 is 0 Å². The van der Waals surface area contributed by atoms with E-state index in [0.29, 0.717) is 23.0 Å². The van der Waals surface area contributed by atoms with Gasteiger partial charge in [0.25, 0.3) is 0 Å². The van der Waals surface area contributed by atoms with Crippen LogP contribution in [0.2, 0.25) is 0 Å². The molecular weight excluding hydrogens is 193 g/mol. The highest BCUT2D eigenvalue weighted by atomic mass is 19.1. The molecule has 0 N–H and O–H groups in total. The third-order valence-corrected chi connectivity index (χ3v) is 2.10. The van der Waals surface area contributed by atoms with Gasteiger partial charge in [0.2, 0.25) is 0 Å². The summed E-state index contributed by atoms with van der Waals surface area (Å²) in [5.74, 6) is -0.410. The molecule has 2 nitrogen and oxygen atoms in total. The number of aldehydes is 1. The fourth-order valence-electron chi connectivity index (χ4n) is 1.36. The Morgan fingerprint density at radius 1 is 1.27 bits per heavy atom. The zero-order chi connectivity index (χ0) is 10.7. The Kier molecular flexibility index (Phi) is 2.54. The summed E-state index contributed by atoms with van der Waals surface area (Å²) in [6.07, 6.45) is 3.83. The van der Waals surface area contributed by atoms with Gasteiger partial charge in [0.1, 0.15) is 12.1 Å². The molecule has 0 amide bonds. The van der Waals surface area contributed by atoms with Crippen LogP contribution in [-0.4, -0.2) is 11.3 Å². The van der Waals surface area contributed by atoms with Gasteiger partial charge in [-0.05, 0) is 12.1 Å². The van der Waals surface area contributed by atoms with Crippen LogP contribution in [0.25, 0.3) is 11.1 Å². The van der Waals surface area contributed by atoms with Gasteiger partial charge in [0, 0.05) is 29.1 Å². The van der Waals surface area contributed by atoms with E-state index in [1.165, 1.54) is 6.07 Å². The number of carbonyl (C=O) groups is 1. The average molecular weight is 201 g/mol. The number of carbonyl (C=O) groups excluding carboxylic acids is 1. The highest BCUT2D eigenvalue weighted by molar-refractivity contribution is 5.77. The standard InChI is InChI=1S/C12H8FNO/c13-12-6-9(8-15)3-4-11(12)10-2-1-5-14-7-10/h1-8H. The average Bonchev–Trinajstić information content (AvgIpc) is 2.30. The minimum atomic E-state index is -0.410. The third kappa shape index (κ3) is 1.91. The molecule has 1 heterocycles. The number of hydrogen-bond acceptors (Lipinski definition) is 2. The number of nitrogens with zero attached hydrogens (tertiary/aromatic N) is 1. The van der Waals surface area contributed by atoms with Crippen LogP contribution < -0.4 is 0 Å². The van der Waals surface area contributed by atoms with Gasteiger partial charge in [-0.3, -0.25) is 9.78 Å². The monoisotopic (exact) mass is 201 g/mol. The van der Waals surface area contributed by atoms with Crippen molar-refractivity contribution in [1.29, 1.82) is 0 Å². The smallest absolute Gasteiger partial charge is 0.150 e. The second kappa shape index (κ2) is 4.00. The fourth-order valence-corrected chi connectivity index (χ4v) is 1.36. The van der Waals surface area contributed by atoms with Crippen molar-refractivity contribution in [3.8, 4) is 11.1 Å². The van der Waals surface area contributed by atoms with Crippen LogP contribution in [-0.2, 0) is 0 Å². The van der Waals surface area contributed by atoms with Crippen molar-refractivity contribution >= 4 is 6.29 Å². The van der Waals surface area contributed by atoms with Crippen molar-refractivity contribution in [3.63, 3.8) is 0 Å². The van der Waals surface area contributed by atoms with E-state index in [-0.39, 0.29) is 0 Å². The molecule has 0 saturated heterocycles. The van der Waals surface area contributed by atoms with Gasteiger partial charge in [-0.25, -0.2) is 4.39 Å². The van der Waals surface area contributed by atoms with Crippen LogP contribution >= 0.6 is 0 Å². The molecule has 2 aromatic rings. The first-order valence-electron chi connectivity index (χ1n) is 4.46. The van der Waals surface area contributed by atoms with Crippen molar-refractivity contribution in [2.24, 2.45) is 0 Å². The van der Waals surface area contributed by atoms with Crippen LogP contribution in [0.15, 0.2) is 42.7 Å². The summed E-state index contributed by atoms with van der Waals surface area (Å²) in [6.45, 7) is 0. The molecule has 2 rings (SSSR count). The molecule has 15 heavy (non-hydrogen) atoms. The van der Waals surface area contributed by atoms with Gasteiger partial charge in [-0.1, -0.05) is 18.2 Å². The highest BCUT2D eigenvalue weighted by Crippen LogP contribution is 2.21. The number of benzene rings is 1. The van der Waals surface area contributed by atoms with Gasteiger partial charge in [-0.15, -0.1) is 0 Å². The highest BCUT2D eigenvalue weighted by Gasteiger charge is 2.05. The zero-order valence-corrected chi connectivity index (χ0v) is 7.85. The van der Waals surface area contributed by atoms with E-state index in [4.69, 9.17) is 0 Å². The van der Waals surface area contributed by atoms with Gasteiger partial charge >= 0.3 is 0 Å². The molecule has 0 radical (unpaired) electrons. The molecule has 0 bridgehead atoms. The van der Waals surface area contributed by atoms with Crippen molar-refractivity contribution in [2.45, 2.75) is 0 Å². The van der Waals surface area contributed by atoms with Crippen LogP contribution in [0, 0.1) is 5.82 Å². The molecule has 0 spiro atoms. The second-order valence-electron chi connectivity index (χ2n) is 3.10. The molecule has 0 saturated carbocycles. The lowest BCUT2D eigenvalue weighted by molar-refractivity contribution is 0.112. The normalized spacial score (nSPS) is 9.93. The van der Waals surface area contributed by atoms with Gasteiger partial charge in [-0.2, -0.15) is 0 Å². The zero-order valence-electron chi connectivity index (χ0n) is 7.85. The minimum Gasteiger partial charge on any atom is -0.298 e. The lowest BCUT2D eigenvalue weighted by atomic mass is 10.1. The SMILES string of the molecule is O=Cc1ccc(-c2cccnc2)c(F)c1. The van der Waals surface area contributed by atoms with Crippen molar-refractivity contribution < 1.29 is 9.18 Å². The lowest BCUT2D eigenvalue weighted by Gasteiger charge is -2.02. The molecule has 0 aliphatic carbocycles. The number of hydrogen-bond donors (Lipinski definition) is 0. The maximum Gasteiger partial charge on any atom is 0.150 e. The van der Waals surface area contributed by atoms with E-state index < -0.39 is 5.82 Å². The Labute approximate surface area is 86.4 Å². The van der Waals surface area contributed by atoms with Crippen molar-refractivity contribution in [3.05, 3.63) is 54.1 Å². The topological polar surface area (TPSA) is 30.0 Å². The maximum absolute atomic E-state index is 13.5. The Bertz CT molecular complexity index is 482. The molecule has 74 valence electrons. The summed E-state index contributed by atoms with van der Waals surface area (Å²) >= 11 is 0. The number of halogens is 1. The van der Waals surface area contributed by atoms with E-state index in [9.17, 15) is 9.18 Å². The van der Waals surface area contributed by atoms with Crippen molar-refractivity contribution in [2.75, 3.05) is 0 Å². The molecule has 1 aromatic heterocycles. The van der Waals surface area contributed by atoms with Crippen LogP contribution in [0.1, 0.15) is 10.4 Å². The molecular formula is C12H8FNO. The first kappa shape index (κ1) is 9.52. The fraction of sp³-hybridized carbons (Fsp3) is 0. The molecule has 0 aliphatic rings. The number of rotatable bonds is 2. The van der Waals surface area contributed by atoms with Crippen LogP contribution in [0.4, 0.5) is 4.39 Å². The summed E-state index contributed by atoms with van der Waals surface area (Å²) in [5, 5.41) is 0. The number of aromatic nitrogens is 1. The first-order valence-corrected chi connectivity index (χ1v) is 4.46. The van der Waals surface area contributed by atoms with Gasteiger partial charge in [0.05, 0.1) is 0 Å². The molecule has 0 fully saturated rings. The van der Waals surface area contributed by atoms with Crippen molar-refractivity contribution in [1.82, 2.24) is 4.98 Å². The Morgan fingerprint density at radius 3 is 2.73 bits per heavy atom. The van der Waals surface area contributed by atoms with Gasteiger partial charge in [0.15, 0.2) is 0 Å². The molecule has 0 unspecified atom stereocenters. The summed E-state index contributed by atoms with van der Waals surface area (Å²) in [5.41, 5.74) is 1.49. The third-order valence-electron chi connectivity index (χ3n) is 2.10. The predicted octanol–water partition coefficient (Wildman–Crippen LogP) is 2.70. The minimum absolute atomic E-state index is 0.333. The Hall–Kier alpha value is -2.03. The Morgan fingerprint density at radius 2 is 2.13 bits per heavy atom. The maximum atomic E-state index is 13.5. The summed E-state index contributed by atoms with van der Waals surface area (Å²) in [4.78, 5) is 14.3. The molecule has 3 heteroatoms. The second-order valence-corrected chi connectivity index (χ2v) is 3.10. The van der Waals surface area contributed by atoms with E-state index in [1.54, 1.807) is 36.7 Å². The van der Waals surface area contributed by atoms with Crippen LogP contribution in [0.3, 0.4) is 0 Å². The quantitative estimate of drug-likeness (QED) is 0.699. The Balaban J connectivity index is 2.51.